The summed E-state index contributed by atoms with van der Waals surface area (Å²) >= 11 is 0. The van der Waals surface area contributed by atoms with Crippen molar-refractivity contribution < 1.29 is 4.74 Å². The van der Waals surface area contributed by atoms with Gasteiger partial charge in [-0.1, -0.05) is 27.2 Å². The zero-order chi connectivity index (χ0) is 12.3. The second-order valence-corrected chi connectivity index (χ2v) is 7.82. The summed E-state index contributed by atoms with van der Waals surface area (Å²) in [4.78, 5) is 0. The fourth-order valence-electron chi connectivity index (χ4n) is 5.60. The van der Waals surface area contributed by atoms with Crippen molar-refractivity contribution in [3.63, 3.8) is 0 Å². The maximum absolute atomic E-state index is 6.00. The van der Waals surface area contributed by atoms with Crippen LogP contribution in [0.25, 0.3) is 0 Å². The molecular weight excluding hydrogens is 208 g/mol. The first-order valence-electron chi connectivity index (χ1n) is 7.38. The Balaban J connectivity index is 1.98. The third-order valence-electron chi connectivity index (χ3n) is 6.42. The van der Waals surface area contributed by atoms with E-state index in [1.165, 1.54) is 38.5 Å². The molecule has 0 amide bonds. The molecule has 1 aliphatic heterocycles. The molecule has 0 aromatic heterocycles. The van der Waals surface area contributed by atoms with E-state index in [1.54, 1.807) is 0 Å². The second-order valence-electron chi connectivity index (χ2n) is 7.82. The van der Waals surface area contributed by atoms with Crippen LogP contribution >= 0.6 is 0 Å². The van der Waals surface area contributed by atoms with Crippen LogP contribution in [0.1, 0.15) is 66.2 Å². The summed E-state index contributed by atoms with van der Waals surface area (Å²) in [6.07, 6.45) is 8.05. The number of fused-ring (bicyclic) bond motifs is 3. The highest BCUT2D eigenvalue weighted by atomic mass is 16.5. The van der Waals surface area contributed by atoms with Gasteiger partial charge >= 0.3 is 0 Å². The van der Waals surface area contributed by atoms with Crippen LogP contribution in [0, 0.1) is 29.3 Å². The first kappa shape index (κ1) is 12.0. The molecular formula is C16H27O. The Labute approximate surface area is 106 Å². The van der Waals surface area contributed by atoms with E-state index in [-0.39, 0.29) is 5.60 Å². The summed E-state index contributed by atoms with van der Waals surface area (Å²) < 4.78 is 6.00. The van der Waals surface area contributed by atoms with Gasteiger partial charge in [0.05, 0.1) is 12.2 Å². The Kier molecular flexibility index (Phi) is 2.47. The van der Waals surface area contributed by atoms with Gasteiger partial charge in [0.2, 0.25) is 0 Å². The molecule has 2 aliphatic carbocycles. The molecule has 2 saturated carbocycles. The zero-order valence-electron chi connectivity index (χ0n) is 11.9. The molecule has 1 unspecified atom stereocenters. The van der Waals surface area contributed by atoms with Crippen molar-refractivity contribution >= 4 is 0 Å². The molecule has 0 bridgehead atoms. The van der Waals surface area contributed by atoms with Crippen molar-refractivity contribution in [1.29, 1.82) is 0 Å². The molecule has 1 saturated heterocycles. The summed E-state index contributed by atoms with van der Waals surface area (Å²) in [6, 6.07) is 0. The van der Waals surface area contributed by atoms with Crippen LogP contribution in [-0.2, 0) is 4.74 Å². The fourth-order valence-corrected chi connectivity index (χ4v) is 5.60. The molecule has 1 nitrogen and oxygen atoms in total. The lowest BCUT2D eigenvalue weighted by molar-refractivity contribution is -0.143. The lowest BCUT2D eigenvalue weighted by atomic mass is 9.46. The Bertz CT molecular complexity index is 317. The Morgan fingerprint density at radius 1 is 1.00 bits per heavy atom. The summed E-state index contributed by atoms with van der Waals surface area (Å²) in [5.74, 6) is 1.66. The first-order chi connectivity index (χ1) is 7.89. The van der Waals surface area contributed by atoms with Crippen molar-refractivity contribution in [2.24, 2.45) is 22.7 Å². The van der Waals surface area contributed by atoms with Crippen molar-refractivity contribution in [2.75, 3.05) is 0 Å². The van der Waals surface area contributed by atoms with Crippen LogP contribution in [0.3, 0.4) is 0 Å². The SMILES string of the molecule is CC1(C)CCC[C@@]2(C)C1CC[C@@]1(C)O[CH]C[C@@H]12. The van der Waals surface area contributed by atoms with E-state index in [9.17, 15) is 0 Å². The largest absolute Gasteiger partial charge is 0.369 e. The van der Waals surface area contributed by atoms with Gasteiger partial charge in [-0.3, -0.25) is 0 Å². The number of rotatable bonds is 0. The average molecular weight is 235 g/mol. The molecule has 1 radical (unpaired) electrons. The van der Waals surface area contributed by atoms with E-state index in [2.05, 4.69) is 34.3 Å². The molecule has 17 heavy (non-hydrogen) atoms. The standard InChI is InChI=1S/C16H27O/c1-14(2)8-5-9-15(3)12(14)6-10-16(4)13(15)7-11-17-16/h11-13H,5-10H2,1-4H3/t12?,13-,15+,16-/m1/s1. The summed E-state index contributed by atoms with van der Waals surface area (Å²) in [6.45, 7) is 12.0. The summed E-state index contributed by atoms with van der Waals surface area (Å²) in [5, 5.41) is 0. The van der Waals surface area contributed by atoms with Crippen LogP contribution in [0.15, 0.2) is 0 Å². The van der Waals surface area contributed by atoms with E-state index in [0.29, 0.717) is 10.8 Å². The number of ether oxygens (including phenoxy) is 1. The van der Waals surface area contributed by atoms with E-state index < -0.39 is 0 Å². The molecule has 0 spiro atoms. The second kappa shape index (κ2) is 3.50. The predicted molar refractivity (Wildman–Crippen MR) is 70.4 cm³/mol. The molecule has 97 valence electrons. The minimum absolute atomic E-state index is 0.151. The Morgan fingerprint density at radius 2 is 1.76 bits per heavy atom. The molecule has 1 heterocycles. The Hall–Kier alpha value is -0.0400. The molecule has 4 atom stereocenters. The molecule has 3 fully saturated rings. The number of hydrogen-bond acceptors (Lipinski definition) is 1. The smallest absolute Gasteiger partial charge is 0.0848 e. The molecule has 0 aromatic carbocycles. The zero-order valence-corrected chi connectivity index (χ0v) is 11.9. The molecule has 3 rings (SSSR count). The van der Waals surface area contributed by atoms with E-state index in [1.807, 2.05) is 0 Å². The predicted octanol–water partition coefficient (Wildman–Crippen LogP) is 4.57. The minimum atomic E-state index is 0.151. The maximum Gasteiger partial charge on any atom is 0.0848 e. The van der Waals surface area contributed by atoms with E-state index in [4.69, 9.17) is 4.74 Å². The first-order valence-corrected chi connectivity index (χ1v) is 7.38. The molecule has 1 heteroatoms. The van der Waals surface area contributed by atoms with Gasteiger partial charge in [0.1, 0.15) is 0 Å². The van der Waals surface area contributed by atoms with Gasteiger partial charge in [-0.25, -0.2) is 0 Å². The van der Waals surface area contributed by atoms with Crippen LogP contribution in [0.2, 0.25) is 0 Å². The minimum Gasteiger partial charge on any atom is -0.369 e. The highest BCUT2D eigenvalue weighted by molar-refractivity contribution is 5.10. The Morgan fingerprint density at radius 3 is 2.53 bits per heavy atom. The van der Waals surface area contributed by atoms with Crippen molar-refractivity contribution in [2.45, 2.75) is 71.8 Å². The monoisotopic (exact) mass is 235 g/mol. The van der Waals surface area contributed by atoms with Crippen LogP contribution in [0.4, 0.5) is 0 Å². The quantitative estimate of drug-likeness (QED) is 0.597. The lowest BCUT2D eigenvalue weighted by Gasteiger charge is -2.60. The van der Waals surface area contributed by atoms with E-state index in [0.717, 1.165) is 11.8 Å². The van der Waals surface area contributed by atoms with Gasteiger partial charge in [0.15, 0.2) is 0 Å². The van der Waals surface area contributed by atoms with Crippen LogP contribution in [-0.4, -0.2) is 5.60 Å². The summed E-state index contributed by atoms with van der Waals surface area (Å²) in [7, 11) is 0. The van der Waals surface area contributed by atoms with Crippen LogP contribution < -0.4 is 0 Å². The highest BCUT2D eigenvalue weighted by Gasteiger charge is 2.60. The van der Waals surface area contributed by atoms with Crippen LogP contribution in [0.5, 0.6) is 0 Å². The van der Waals surface area contributed by atoms with Gasteiger partial charge < -0.3 is 4.74 Å². The third-order valence-corrected chi connectivity index (χ3v) is 6.42. The normalized spacial score (nSPS) is 52.9. The highest BCUT2D eigenvalue weighted by Crippen LogP contribution is 2.65. The van der Waals surface area contributed by atoms with Gasteiger partial charge in [-0.15, -0.1) is 0 Å². The van der Waals surface area contributed by atoms with Gasteiger partial charge in [0.25, 0.3) is 0 Å². The van der Waals surface area contributed by atoms with Gasteiger partial charge in [0, 0.05) is 0 Å². The van der Waals surface area contributed by atoms with E-state index >= 15 is 0 Å². The third kappa shape index (κ3) is 1.54. The van der Waals surface area contributed by atoms with Crippen molar-refractivity contribution in [3.05, 3.63) is 6.61 Å². The molecule has 3 aliphatic rings. The van der Waals surface area contributed by atoms with Crippen molar-refractivity contribution in [1.82, 2.24) is 0 Å². The van der Waals surface area contributed by atoms with Gasteiger partial charge in [-0.05, 0) is 61.7 Å². The van der Waals surface area contributed by atoms with Gasteiger partial charge in [-0.2, -0.15) is 0 Å². The average Bonchev–Trinajstić information content (AvgIpc) is 2.60. The molecule has 0 N–H and O–H groups in total. The molecule has 0 aromatic rings. The summed E-state index contributed by atoms with van der Waals surface area (Å²) in [5.41, 5.74) is 1.21. The fraction of sp³-hybridized carbons (Fsp3) is 0.938. The lowest BCUT2D eigenvalue weighted by Crippen LogP contribution is -2.55. The van der Waals surface area contributed by atoms with Crippen molar-refractivity contribution in [3.8, 4) is 0 Å². The number of hydrogen-bond donors (Lipinski definition) is 0. The topological polar surface area (TPSA) is 9.23 Å². The maximum atomic E-state index is 6.00.